The summed E-state index contributed by atoms with van der Waals surface area (Å²) in [4.78, 5) is 8.62. The van der Waals surface area contributed by atoms with Gasteiger partial charge in [-0.3, -0.25) is 4.98 Å². The highest BCUT2D eigenvalue weighted by Crippen LogP contribution is 2.34. The van der Waals surface area contributed by atoms with Crippen molar-refractivity contribution in [2.75, 3.05) is 0 Å². The minimum atomic E-state index is -0.0238. The lowest BCUT2D eigenvalue weighted by Gasteiger charge is -2.31. The van der Waals surface area contributed by atoms with Gasteiger partial charge in [-0.1, -0.05) is 25.4 Å². The Kier molecular flexibility index (Phi) is 3.83. The molecule has 0 saturated carbocycles. The van der Waals surface area contributed by atoms with E-state index in [-0.39, 0.29) is 5.54 Å². The molecule has 18 heavy (non-hydrogen) atoms. The van der Waals surface area contributed by atoms with Crippen molar-refractivity contribution in [1.82, 2.24) is 14.5 Å². The van der Waals surface area contributed by atoms with E-state index in [4.69, 9.17) is 23.2 Å². The summed E-state index contributed by atoms with van der Waals surface area (Å²) >= 11 is 12.3. The molecule has 0 radical (unpaired) electrons. The zero-order valence-corrected chi connectivity index (χ0v) is 12.4. The third-order valence-electron chi connectivity index (χ3n) is 3.77. The van der Waals surface area contributed by atoms with Crippen LogP contribution in [-0.2, 0) is 11.4 Å². The van der Waals surface area contributed by atoms with Gasteiger partial charge in [0.1, 0.15) is 11.3 Å². The standard InChI is InChI=1S/C13H17Cl2N3/c1-4-13(3,5-2)18-11(6-14)17-10-8-16-7-9(15)12(10)18/h7-8H,4-6H2,1-3H3. The van der Waals surface area contributed by atoms with Gasteiger partial charge in [-0.25, -0.2) is 4.98 Å². The number of halogens is 2. The van der Waals surface area contributed by atoms with Crippen molar-refractivity contribution in [3.05, 3.63) is 23.2 Å². The molecule has 0 amide bonds. The molecule has 2 aromatic rings. The monoisotopic (exact) mass is 285 g/mol. The van der Waals surface area contributed by atoms with Crippen molar-refractivity contribution in [3.8, 4) is 0 Å². The Hall–Kier alpha value is -0.800. The molecule has 2 heterocycles. The highest BCUT2D eigenvalue weighted by molar-refractivity contribution is 6.34. The summed E-state index contributed by atoms with van der Waals surface area (Å²) < 4.78 is 2.18. The maximum Gasteiger partial charge on any atom is 0.125 e. The van der Waals surface area contributed by atoms with Crippen LogP contribution in [0.1, 0.15) is 39.4 Å². The fraction of sp³-hybridized carbons (Fsp3) is 0.538. The molecule has 0 aliphatic carbocycles. The number of fused-ring (bicyclic) bond motifs is 1. The topological polar surface area (TPSA) is 30.7 Å². The quantitative estimate of drug-likeness (QED) is 0.782. The van der Waals surface area contributed by atoms with Gasteiger partial charge in [0.2, 0.25) is 0 Å². The summed E-state index contributed by atoms with van der Waals surface area (Å²) in [5.74, 6) is 1.23. The normalized spacial score (nSPS) is 12.3. The van der Waals surface area contributed by atoms with E-state index < -0.39 is 0 Å². The van der Waals surface area contributed by atoms with E-state index in [2.05, 4.69) is 35.3 Å². The minimum Gasteiger partial charge on any atom is -0.320 e. The molecule has 5 heteroatoms. The second-order valence-electron chi connectivity index (χ2n) is 4.69. The van der Waals surface area contributed by atoms with Crippen LogP contribution in [-0.4, -0.2) is 14.5 Å². The summed E-state index contributed by atoms with van der Waals surface area (Å²) in [7, 11) is 0. The van der Waals surface area contributed by atoms with E-state index >= 15 is 0 Å². The van der Waals surface area contributed by atoms with Crippen molar-refractivity contribution in [2.45, 2.75) is 45.0 Å². The van der Waals surface area contributed by atoms with Gasteiger partial charge in [0, 0.05) is 11.7 Å². The van der Waals surface area contributed by atoms with E-state index in [1.165, 1.54) is 0 Å². The highest BCUT2D eigenvalue weighted by atomic mass is 35.5. The summed E-state index contributed by atoms with van der Waals surface area (Å²) in [5, 5.41) is 0.629. The molecule has 0 saturated heterocycles. The molecule has 0 bridgehead atoms. The lowest BCUT2D eigenvalue weighted by atomic mass is 9.94. The Labute approximate surface area is 117 Å². The van der Waals surface area contributed by atoms with E-state index in [0.29, 0.717) is 10.9 Å². The van der Waals surface area contributed by atoms with Crippen LogP contribution in [0.15, 0.2) is 12.4 Å². The van der Waals surface area contributed by atoms with Crippen LogP contribution >= 0.6 is 23.2 Å². The SMILES string of the molecule is CCC(C)(CC)n1c(CCl)nc2cncc(Cl)c21. The average Bonchev–Trinajstić information content (AvgIpc) is 2.78. The predicted octanol–water partition coefficient (Wildman–Crippen LogP) is 4.36. The number of aromatic nitrogens is 3. The first kappa shape index (κ1) is 13.6. The minimum absolute atomic E-state index is 0.0238. The van der Waals surface area contributed by atoms with Crippen molar-refractivity contribution in [3.63, 3.8) is 0 Å². The maximum atomic E-state index is 6.29. The van der Waals surface area contributed by atoms with E-state index in [1.54, 1.807) is 12.4 Å². The Morgan fingerprint density at radius 1 is 1.28 bits per heavy atom. The Morgan fingerprint density at radius 3 is 2.50 bits per heavy atom. The number of pyridine rings is 1. The number of imidazole rings is 1. The number of alkyl halides is 1. The fourth-order valence-corrected chi connectivity index (χ4v) is 2.69. The van der Waals surface area contributed by atoms with Gasteiger partial charge in [0.25, 0.3) is 0 Å². The first-order valence-electron chi connectivity index (χ1n) is 6.14. The first-order valence-corrected chi connectivity index (χ1v) is 7.06. The highest BCUT2D eigenvalue weighted by Gasteiger charge is 2.28. The molecule has 0 spiro atoms. The molecule has 3 nitrogen and oxygen atoms in total. The Bertz CT molecular complexity index is 559. The van der Waals surface area contributed by atoms with E-state index in [1.807, 2.05) is 0 Å². The van der Waals surface area contributed by atoms with Gasteiger partial charge in [-0.05, 0) is 19.8 Å². The fourth-order valence-electron chi connectivity index (χ4n) is 2.28. The van der Waals surface area contributed by atoms with Crippen molar-refractivity contribution in [2.24, 2.45) is 0 Å². The van der Waals surface area contributed by atoms with Gasteiger partial charge in [-0.2, -0.15) is 0 Å². The first-order chi connectivity index (χ1) is 8.57. The smallest absolute Gasteiger partial charge is 0.125 e. The maximum absolute atomic E-state index is 6.29. The third-order valence-corrected chi connectivity index (χ3v) is 4.28. The van der Waals surface area contributed by atoms with Gasteiger partial charge >= 0.3 is 0 Å². The van der Waals surface area contributed by atoms with Crippen LogP contribution < -0.4 is 0 Å². The molecular weight excluding hydrogens is 269 g/mol. The van der Waals surface area contributed by atoms with Gasteiger partial charge in [0.15, 0.2) is 0 Å². The summed E-state index contributed by atoms with van der Waals surface area (Å²) in [6.07, 6.45) is 5.39. The molecule has 98 valence electrons. The number of hydrogen-bond donors (Lipinski definition) is 0. The molecule has 0 unspecified atom stereocenters. The molecule has 2 aromatic heterocycles. The molecule has 0 N–H and O–H groups in total. The lowest BCUT2D eigenvalue weighted by molar-refractivity contribution is 0.296. The average molecular weight is 286 g/mol. The van der Waals surface area contributed by atoms with E-state index in [9.17, 15) is 0 Å². The summed E-state index contributed by atoms with van der Waals surface area (Å²) in [6, 6.07) is 0. The zero-order valence-electron chi connectivity index (χ0n) is 10.9. The molecule has 0 atom stereocenters. The van der Waals surface area contributed by atoms with Crippen LogP contribution in [0.3, 0.4) is 0 Å². The largest absolute Gasteiger partial charge is 0.320 e. The van der Waals surface area contributed by atoms with E-state index in [0.717, 1.165) is 29.7 Å². The molecule has 0 aliphatic heterocycles. The molecule has 0 aromatic carbocycles. The van der Waals surface area contributed by atoms with Crippen LogP contribution in [0.5, 0.6) is 0 Å². The van der Waals surface area contributed by atoms with Gasteiger partial charge in [0.05, 0.1) is 22.6 Å². The van der Waals surface area contributed by atoms with Gasteiger partial charge < -0.3 is 4.57 Å². The van der Waals surface area contributed by atoms with Crippen LogP contribution in [0, 0.1) is 0 Å². The number of hydrogen-bond acceptors (Lipinski definition) is 2. The second-order valence-corrected chi connectivity index (χ2v) is 5.36. The Morgan fingerprint density at radius 2 is 1.94 bits per heavy atom. The second kappa shape index (κ2) is 5.06. The zero-order chi connectivity index (χ0) is 13.3. The predicted molar refractivity (Wildman–Crippen MR) is 76.3 cm³/mol. The number of nitrogens with zero attached hydrogens (tertiary/aromatic N) is 3. The molecule has 0 aliphatic rings. The van der Waals surface area contributed by atoms with Crippen LogP contribution in [0.25, 0.3) is 11.0 Å². The molecule has 0 fully saturated rings. The van der Waals surface area contributed by atoms with Crippen molar-refractivity contribution in [1.29, 1.82) is 0 Å². The van der Waals surface area contributed by atoms with Gasteiger partial charge in [-0.15, -0.1) is 11.6 Å². The molecular formula is C13H17Cl2N3. The lowest BCUT2D eigenvalue weighted by Crippen LogP contribution is -2.30. The Balaban J connectivity index is 2.82. The van der Waals surface area contributed by atoms with Crippen molar-refractivity contribution >= 4 is 34.2 Å². The van der Waals surface area contributed by atoms with Crippen LogP contribution in [0.2, 0.25) is 5.02 Å². The van der Waals surface area contributed by atoms with Crippen LogP contribution in [0.4, 0.5) is 0 Å². The third kappa shape index (κ3) is 1.99. The summed E-state index contributed by atoms with van der Waals surface area (Å²) in [6.45, 7) is 6.55. The number of rotatable bonds is 4. The summed E-state index contributed by atoms with van der Waals surface area (Å²) in [5.41, 5.74) is 1.73. The van der Waals surface area contributed by atoms with Crippen molar-refractivity contribution < 1.29 is 0 Å². The molecule has 2 rings (SSSR count).